The molecule has 1 amide bonds. The van der Waals surface area contributed by atoms with Crippen LogP contribution in [0.25, 0.3) is 10.2 Å². The van der Waals surface area contributed by atoms with E-state index in [1.54, 1.807) is 11.0 Å². The first-order chi connectivity index (χ1) is 12.0. The number of nitrogens with zero attached hydrogens (tertiary/aromatic N) is 3. The summed E-state index contributed by atoms with van der Waals surface area (Å²) >= 11 is 1.33. The van der Waals surface area contributed by atoms with Crippen LogP contribution in [0, 0.1) is 12.7 Å². The number of aryl methyl sites for hydroxylation is 1. The molecular weight excluding hydrogens is 337 g/mol. The van der Waals surface area contributed by atoms with Gasteiger partial charge in [0.1, 0.15) is 11.3 Å². The van der Waals surface area contributed by atoms with Crippen molar-refractivity contribution < 1.29 is 9.18 Å². The number of aromatic nitrogens is 1. The third-order valence-corrected chi connectivity index (χ3v) is 4.95. The van der Waals surface area contributed by atoms with Crippen molar-refractivity contribution in [1.82, 2.24) is 9.88 Å². The fourth-order valence-electron chi connectivity index (χ4n) is 2.45. The van der Waals surface area contributed by atoms with Crippen molar-refractivity contribution >= 4 is 32.6 Å². The number of amides is 1. The van der Waals surface area contributed by atoms with Crippen LogP contribution in [0.5, 0.6) is 0 Å². The molecule has 1 heterocycles. The third-order valence-electron chi connectivity index (χ3n) is 3.90. The Bertz CT molecular complexity index is 889. The smallest absolute Gasteiger partial charge is 0.260 e. The lowest BCUT2D eigenvalue weighted by atomic mass is 10.1. The van der Waals surface area contributed by atoms with E-state index in [4.69, 9.17) is 0 Å². The summed E-state index contributed by atoms with van der Waals surface area (Å²) in [5.41, 5.74) is 2.01. The number of rotatable bonds is 5. The number of thiazole rings is 1. The van der Waals surface area contributed by atoms with Crippen molar-refractivity contribution in [1.29, 1.82) is 0 Å². The maximum absolute atomic E-state index is 14.0. The highest BCUT2D eigenvalue weighted by Crippen LogP contribution is 2.31. The van der Waals surface area contributed by atoms with Crippen LogP contribution in [0.4, 0.5) is 9.52 Å². The van der Waals surface area contributed by atoms with Crippen molar-refractivity contribution in [2.45, 2.75) is 6.92 Å². The van der Waals surface area contributed by atoms with Crippen LogP contribution in [0.2, 0.25) is 0 Å². The highest BCUT2D eigenvalue weighted by atomic mass is 32.1. The van der Waals surface area contributed by atoms with Gasteiger partial charge in [-0.1, -0.05) is 35.1 Å². The number of anilines is 1. The zero-order chi connectivity index (χ0) is 18.0. The molecule has 0 bridgehead atoms. The van der Waals surface area contributed by atoms with E-state index in [1.807, 2.05) is 56.3 Å². The highest BCUT2D eigenvalue weighted by Gasteiger charge is 2.22. The number of carbonyl (C=O) groups is 1. The molecule has 0 aliphatic rings. The molecule has 2 aromatic carbocycles. The van der Waals surface area contributed by atoms with Gasteiger partial charge in [-0.2, -0.15) is 0 Å². The Morgan fingerprint density at radius 2 is 1.84 bits per heavy atom. The predicted molar refractivity (Wildman–Crippen MR) is 101 cm³/mol. The van der Waals surface area contributed by atoms with Crippen LogP contribution in [0.3, 0.4) is 0 Å². The number of fused-ring (bicyclic) bond motifs is 1. The molecule has 0 saturated carbocycles. The third kappa shape index (κ3) is 3.86. The molecule has 0 saturated heterocycles. The zero-order valence-corrected chi connectivity index (χ0v) is 15.3. The molecular formula is C19H20FN3OS. The van der Waals surface area contributed by atoms with Crippen molar-refractivity contribution in [3.05, 3.63) is 59.4 Å². The topological polar surface area (TPSA) is 36.4 Å². The van der Waals surface area contributed by atoms with E-state index >= 15 is 0 Å². The summed E-state index contributed by atoms with van der Waals surface area (Å²) in [6.07, 6.45) is 0. The van der Waals surface area contributed by atoms with Crippen LogP contribution in [-0.2, 0) is 0 Å². The van der Waals surface area contributed by atoms with E-state index in [0.717, 1.165) is 10.3 Å². The summed E-state index contributed by atoms with van der Waals surface area (Å²) in [5, 5.41) is 0.521. The molecule has 4 nitrogen and oxygen atoms in total. The first-order valence-corrected chi connectivity index (χ1v) is 8.85. The minimum absolute atomic E-state index is 0.124. The number of hydrogen-bond donors (Lipinski definition) is 0. The van der Waals surface area contributed by atoms with Gasteiger partial charge >= 0.3 is 0 Å². The van der Waals surface area contributed by atoms with Crippen LogP contribution in [0.1, 0.15) is 15.9 Å². The van der Waals surface area contributed by atoms with Gasteiger partial charge in [-0.15, -0.1) is 0 Å². The summed E-state index contributed by atoms with van der Waals surface area (Å²) in [5.74, 6) is -0.489. The maximum Gasteiger partial charge on any atom is 0.260 e. The minimum atomic E-state index is -0.365. The highest BCUT2D eigenvalue weighted by molar-refractivity contribution is 7.22. The number of carbonyl (C=O) groups excluding carboxylic acids is 1. The van der Waals surface area contributed by atoms with Gasteiger partial charge < -0.3 is 4.90 Å². The van der Waals surface area contributed by atoms with Gasteiger partial charge in [0.15, 0.2) is 5.13 Å². The van der Waals surface area contributed by atoms with Crippen LogP contribution >= 0.6 is 11.3 Å². The summed E-state index contributed by atoms with van der Waals surface area (Å²) in [7, 11) is 3.90. The monoisotopic (exact) mass is 357 g/mol. The Hall–Kier alpha value is -2.31. The van der Waals surface area contributed by atoms with E-state index in [2.05, 4.69) is 4.98 Å². The first-order valence-electron chi connectivity index (χ1n) is 8.04. The molecule has 1 aromatic heterocycles. The molecule has 0 aliphatic carbocycles. The standard InChI is InChI=1S/C19H20FN3OS/c1-13-7-9-14(10-8-13)18(24)23(12-11-22(2)3)19-21-17-15(20)5-4-6-16(17)25-19/h4-10H,11-12H2,1-3H3. The summed E-state index contributed by atoms with van der Waals surface area (Å²) in [6.45, 7) is 3.16. The van der Waals surface area contributed by atoms with Gasteiger partial charge in [-0.3, -0.25) is 9.69 Å². The predicted octanol–water partition coefficient (Wildman–Crippen LogP) is 3.95. The van der Waals surface area contributed by atoms with E-state index < -0.39 is 0 Å². The van der Waals surface area contributed by atoms with E-state index in [9.17, 15) is 9.18 Å². The molecule has 6 heteroatoms. The molecule has 0 unspecified atom stereocenters. The molecule has 0 atom stereocenters. The molecule has 130 valence electrons. The van der Waals surface area contributed by atoms with Gasteiger partial charge in [0.2, 0.25) is 0 Å². The Balaban J connectivity index is 1.99. The van der Waals surface area contributed by atoms with Gasteiger partial charge in [-0.05, 0) is 45.3 Å². The van der Waals surface area contributed by atoms with Crippen molar-refractivity contribution in [2.75, 3.05) is 32.1 Å². The second kappa shape index (κ2) is 7.29. The lowest BCUT2D eigenvalue weighted by Crippen LogP contribution is -2.36. The number of hydrogen-bond acceptors (Lipinski definition) is 4. The SMILES string of the molecule is Cc1ccc(C(=O)N(CCN(C)C)c2nc3c(F)cccc3s2)cc1. The Kier molecular flexibility index (Phi) is 5.11. The van der Waals surface area contributed by atoms with E-state index in [-0.39, 0.29) is 11.7 Å². The molecule has 0 spiro atoms. The van der Waals surface area contributed by atoms with Gasteiger partial charge in [0.25, 0.3) is 5.91 Å². The molecule has 3 aromatic rings. The normalized spacial score (nSPS) is 11.2. The fourth-order valence-corrected chi connectivity index (χ4v) is 3.46. The van der Waals surface area contributed by atoms with Crippen LogP contribution < -0.4 is 4.90 Å². The van der Waals surface area contributed by atoms with Gasteiger partial charge in [0.05, 0.1) is 4.70 Å². The lowest BCUT2D eigenvalue weighted by molar-refractivity contribution is 0.0985. The quantitative estimate of drug-likeness (QED) is 0.694. The molecule has 25 heavy (non-hydrogen) atoms. The lowest BCUT2D eigenvalue weighted by Gasteiger charge is -2.22. The van der Waals surface area contributed by atoms with Gasteiger partial charge in [-0.25, -0.2) is 9.37 Å². The van der Waals surface area contributed by atoms with E-state index in [1.165, 1.54) is 17.4 Å². The average Bonchev–Trinajstić information content (AvgIpc) is 3.00. The summed E-state index contributed by atoms with van der Waals surface area (Å²) in [6, 6.07) is 12.3. The second-order valence-electron chi connectivity index (χ2n) is 6.21. The average molecular weight is 357 g/mol. The van der Waals surface area contributed by atoms with Gasteiger partial charge in [0, 0.05) is 18.7 Å². The number of benzene rings is 2. The first kappa shape index (κ1) is 17.5. The number of para-hydroxylation sites is 1. The number of likely N-dealkylation sites (N-methyl/N-ethyl adjacent to an activating group) is 1. The summed E-state index contributed by atoms with van der Waals surface area (Å²) < 4.78 is 14.7. The fraction of sp³-hybridized carbons (Fsp3) is 0.263. The molecule has 0 fully saturated rings. The van der Waals surface area contributed by atoms with E-state index in [0.29, 0.717) is 29.3 Å². The van der Waals surface area contributed by atoms with Crippen molar-refractivity contribution in [3.8, 4) is 0 Å². The Labute approximate surface area is 150 Å². The van der Waals surface area contributed by atoms with Crippen LogP contribution in [-0.4, -0.2) is 43.0 Å². The molecule has 0 N–H and O–H groups in total. The van der Waals surface area contributed by atoms with Crippen molar-refractivity contribution in [3.63, 3.8) is 0 Å². The van der Waals surface area contributed by atoms with Crippen molar-refractivity contribution in [2.24, 2.45) is 0 Å². The largest absolute Gasteiger partial charge is 0.308 e. The molecule has 3 rings (SSSR count). The maximum atomic E-state index is 14.0. The second-order valence-corrected chi connectivity index (χ2v) is 7.22. The molecule has 0 radical (unpaired) electrons. The molecule has 0 aliphatic heterocycles. The Morgan fingerprint density at radius 1 is 1.12 bits per heavy atom. The summed E-state index contributed by atoms with van der Waals surface area (Å²) in [4.78, 5) is 21.0. The minimum Gasteiger partial charge on any atom is -0.308 e. The van der Waals surface area contributed by atoms with Crippen LogP contribution in [0.15, 0.2) is 42.5 Å². The Morgan fingerprint density at radius 3 is 2.48 bits per heavy atom. The number of halogens is 1. The zero-order valence-electron chi connectivity index (χ0n) is 14.5.